The normalized spacial score (nSPS) is 53.1. The van der Waals surface area contributed by atoms with Gasteiger partial charge in [0, 0.05) is 5.41 Å². The van der Waals surface area contributed by atoms with Crippen LogP contribution in [0.1, 0.15) is 120 Å². The largest absolute Gasteiger partial charge is 0.394 e. The first-order valence-corrected chi connectivity index (χ1v) is 27.2. The van der Waals surface area contributed by atoms with Crippen molar-refractivity contribution < 1.29 is 104 Å². The van der Waals surface area contributed by atoms with E-state index < -0.39 is 165 Å². The molecule has 0 aromatic carbocycles. The van der Waals surface area contributed by atoms with E-state index in [1.54, 1.807) is 0 Å². The van der Waals surface area contributed by atoms with Crippen LogP contribution in [0.4, 0.5) is 0 Å². The van der Waals surface area contributed by atoms with Gasteiger partial charge in [0.1, 0.15) is 85.5 Å². The highest BCUT2D eigenvalue weighted by Crippen LogP contribution is 2.76. The van der Waals surface area contributed by atoms with Crippen molar-refractivity contribution in [3.8, 4) is 0 Å². The van der Waals surface area contributed by atoms with E-state index in [0.29, 0.717) is 25.7 Å². The minimum Gasteiger partial charge on any atom is -0.394 e. The number of allylic oxidation sites excluding steroid dienone is 2. The van der Waals surface area contributed by atoms with Crippen LogP contribution < -0.4 is 0 Å². The molecule has 0 aromatic heterocycles. The summed E-state index contributed by atoms with van der Waals surface area (Å²) in [6.45, 7) is 17.1. The van der Waals surface area contributed by atoms with Crippen LogP contribution in [0.3, 0.4) is 0 Å². The first-order chi connectivity index (χ1) is 34.6. The number of fused-ring (bicyclic) bond motifs is 5. The third-order valence-electron chi connectivity index (χ3n) is 20.6. The number of hydrogen-bond acceptors (Lipinski definition) is 21. The average molecular weight is 1060 g/mol. The SMILES string of the molecule is CC(C)=CCCC(C)(OC1OC(COC2OC(CO)C(O)C2O)C(O)C(O)C1O)C1CCC2(C)C1CCC1C3(C)CCC(OC4OC(CO)C(O)C(O)C4OC4OC(C)C(O)C(O)C4O)C(C)(C)C3CC(O)C12C. The predicted octanol–water partition coefficient (Wildman–Crippen LogP) is -0.536. The Bertz CT molecular complexity index is 1930. The Morgan fingerprint density at radius 2 is 1.19 bits per heavy atom. The zero-order valence-corrected chi connectivity index (χ0v) is 44.6. The molecule has 13 N–H and O–H groups in total. The van der Waals surface area contributed by atoms with Crippen LogP contribution in [-0.2, 0) is 37.9 Å². The van der Waals surface area contributed by atoms with E-state index in [-0.39, 0.29) is 34.5 Å². The first-order valence-electron chi connectivity index (χ1n) is 27.2. The number of aliphatic hydroxyl groups excluding tert-OH is 13. The Balaban J connectivity index is 1.01. The number of rotatable bonds is 15. The van der Waals surface area contributed by atoms with Gasteiger partial charge in [0.05, 0.1) is 43.7 Å². The molecule has 4 aliphatic heterocycles. The molecule has 21 heteroatoms. The summed E-state index contributed by atoms with van der Waals surface area (Å²) in [7, 11) is 0. The Hall–Kier alpha value is -1.10. The van der Waals surface area contributed by atoms with Gasteiger partial charge in [-0.15, -0.1) is 0 Å². The summed E-state index contributed by atoms with van der Waals surface area (Å²) >= 11 is 0. The first kappa shape index (κ1) is 59.0. The lowest BCUT2D eigenvalue weighted by Gasteiger charge is -2.71. The van der Waals surface area contributed by atoms with Crippen molar-refractivity contribution in [2.75, 3.05) is 19.8 Å². The van der Waals surface area contributed by atoms with Gasteiger partial charge in [-0.25, -0.2) is 0 Å². The molecule has 4 heterocycles. The molecule has 0 radical (unpaired) electrons. The van der Waals surface area contributed by atoms with Gasteiger partial charge in [-0.05, 0) is 125 Å². The fraction of sp³-hybridized carbons (Fsp3) is 0.962. The number of aliphatic hydroxyl groups is 13. The fourth-order valence-electron chi connectivity index (χ4n) is 16.0. The van der Waals surface area contributed by atoms with Gasteiger partial charge in [-0.2, -0.15) is 0 Å². The van der Waals surface area contributed by atoms with E-state index in [1.807, 2.05) is 20.8 Å². The lowest BCUT2D eigenvalue weighted by molar-refractivity contribution is -0.377. The van der Waals surface area contributed by atoms with Crippen molar-refractivity contribution in [1.29, 1.82) is 0 Å². The molecule has 4 saturated heterocycles. The quantitative estimate of drug-likeness (QED) is 0.0724. The topological polar surface area (TPSA) is 337 Å². The molecule has 0 aromatic rings. The van der Waals surface area contributed by atoms with Gasteiger partial charge in [0.15, 0.2) is 25.2 Å². The summed E-state index contributed by atoms with van der Waals surface area (Å²) in [5.41, 5.74) is -1.65. The smallest absolute Gasteiger partial charge is 0.187 e. The monoisotopic (exact) mass is 1060 g/mol. The van der Waals surface area contributed by atoms with Gasteiger partial charge in [-0.3, -0.25) is 0 Å². The van der Waals surface area contributed by atoms with Crippen molar-refractivity contribution in [2.45, 2.75) is 255 Å². The van der Waals surface area contributed by atoms with Crippen LogP contribution in [0.5, 0.6) is 0 Å². The van der Waals surface area contributed by atoms with E-state index in [9.17, 15) is 66.4 Å². The van der Waals surface area contributed by atoms with Crippen LogP contribution in [0.25, 0.3) is 0 Å². The molecule has 29 atom stereocenters. The minimum atomic E-state index is -1.71. The average Bonchev–Trinajstić information content (AvgIpc) is 3.86. The van der Waals surface area contributed by atoms with Crippen molar-refractivity contribution >= 4 is 0 Å². The van der Waals surface area contributed by atoms with E-state index in [0.717, 1.165) is 37.7 Å². The zero-order chi connectivity index (χ0) is 54.4. The van der Waals surface area contributed by atoms with E-state index in [1.165, 1.54) is 6.92 Å². The summed E-state index contributed by atoms with van der Waals surface area (Å²) in [4.78, 5) is 0. The summed E-state index contributed by atoms with van der Waals surface area (Å²) in [5.74, 6) is -0.0176. The molecule has 8 fully saturated rings. The van der Waals surface area contributed by atoms with E-state index >= 15 is 0 Å². The lowest BCUT2D eigenvalue weighted by atomic mass is 9.34. The number of hydrogen-bond donors (Lipinski definition) is 13. The third kappa shape index (κ3) is 10.0. The highest BCUT2D eigenvalue weighted by Gasteiger charge is 2.73. The number of ether oxygens (including phenoxy) is 8. The maximum atomic E-state index is 12.9. The Labute approximate surface area is 434 Å². The van der Waals surface area contributed by atoms with E-state index in [4.69, 9.17) is 37.9 Å². The molecule has 29 unspecified atom stereocenters. The molecular formula is C53H90O21. The van der Waals surface area contributed by atoms with Crippen LogP contribution in [0.15, 0.2) is 11.6 Å². The van der Waals surface area contributed by atoms with Crippen LogP contribution in [-0.4, -0.2) is 221 Å². The highest BCUT2D eigenvalue weighted by atomic mass is 16.8. The summed E-state index contributed by atoms with van der Waals surface area (Å²) in [6, 6.07) is 0. The van der Waals surface area contributed by atoms with Gasteiger partial charge >= 0.3 is 0 Å². The third-order valence-corrected chi connectivity index (χ3v) is 20.6. The molecule has 0 amide bonds. The Kier molecular flexibility index (Phi) is 17.6. The van der Waals surface area contributed by atoms with Gasteiger partial charge in [0.25, 0.3) is 0 Å². The molecule has 21 nitrogen and oxygen atoms in total. The maximum Gasteiger partial charge on any atom is 0.187 e. The standard InChI is InChI=1S/C53H90O21/c1-23(2)11-10-16-52(8,74-47-43(66)39(62)37(60)29(71-47)22-67-45-41(64)36(59)28(21-55)69-45)26-14-18-51(7)25(26)12-13-30-50(6)17-15-33(49(4,5)31(50)19-32(56)53(30,51)9)72-48-44(40(63)35(58)27(20-54)70-48)73-46-42(65)38(61)34(57)24(3)68-46/h11,24-48,54-66H,10,12-22H2,1-9H3. The molecule has 4 aliphatic carbocycles. The Morgan fingerprint density at radius 3 is 1.84 bits per heavy atom. The molecular weight excluding hydrogens is 973 g/mol. The second-order valence-corrected chi connectivity index (χ2v) is 25.2. The fourth-order valence-corrected chi connectivity index (χ4v) is 16.0. The summed E-state index contributed by atoms with van der Waals surface area (Å²) in [6.07, 6.45) is -20.5. The highest BCUT2D eigenvalue weighted by molar-refractivity contribution is 5.21. The van der Waals surface area contributed by atoms with Gasteiger partial charge < -0.3 is 104 Å². The molecule has 4 saturated carbocycles. The van der Waals surface area contributed by atoms with Crippen molar-refractivity contribution in [2.24, 2.45) is 45.3 Å². The minimum absolute atomic E-state index is 0.0610. The molecule has 0 bridgehead atoms. The van der Waals surface area contributed by atoms with Crippen molar-refractivity contribution in [3.63, 3.8) is 0 Å². The zero-order valence-electron chi connectivity index (χ0n) is 44.6. The predicted molar refractivity (Wildman–Crippen MR) is 259 cm³/mol. The molecule has 0 spiro atoms. The molecule has 428 valence electrons. The second kappa shape index (κ2) is 22.1. The van der Waals surface area contributed by atoms with Crippen molar-refractivity contribution in [3.05, 3.63) is 11.6 Å². The molecule has 8 aliphatic rings. The van der Waals surface area contributed by atoms with Crippen LogP contribution in [0, 0.1) is 45.3 Å². The van der Waals surface area contributed by atoms with Crippen LogP contribution in [0.2, 0.25) is 0 Å². The molecule has 8 rings (SSSR count). The van der Waals surface area contributed by atoms with E-state index in [2.05, 4.69) is 40.7 Å². The van der Waals surface area contributed by atoms with Crippen LogP contribution >= 0.6 is 0 Å². The van der Waals surface area contributed by atoms with Crippen molar-refractivity contribution in [1.82, 2.24) is 0 Å². The summed E-state index contributed by atoms with van der Waals surface area (Å²) in [5, 5.41) is 141. The second-order valence-electron chi connectivity index (χ2n) is 25.2. The Morgan fingerprint density at radius 1 is 0.608 bits per heavy atom. The molecule has 74 heavy (non-hydrogen) atoms. The maximum absolute atomic E-state index is 12.9. The lowest BCUT2D eigenvalue weighted by Crippen LogP contribution is -2.69. The van der Waals surface area contributed by atoms with Gasteiger partial charge in [0.2, 0.25) is 0 Å². The summed E-state index contributed by atoms with van der Waals surface area (Å²) < 4.78 is 49.1. The van der Waals surface area contributed by atoms with Gasteiger partial charge in [-0.1, -0.05) is 46.3 Å².